The van der Waals surface area contributed by atoms with Gasteiger partial charge in [-0.2, -0.15) is 8.78 Å². The number of aromatic carboxylic acids is 1. The molecule has 244 valence electrons. The molecule has 2 unspecified atom stereocenters. The number of hydrogen-bond acceptors (Lipinski definition) is 7. The summed E-state index contributed by atoms with van der Waals surface area (Å²) in [4.78, 5) is 46.8. The molecule has 0 fully saturated rings. The van der Waals surface area contributed by atoms with Crippen molar-refractivity contribution >= 4 is 35.7 Å². The number of carbonyl (C=O) groups excluding carboxylic acids is 1. The standard InChI is InChI=1S/C31H30BrF2N2O9P/c1-19(2)43-30(40)44-20(3)45-46(41,42)31(33,34)25-14-9-22(15-26(25)32)17-36-27(23-10-12-24(13-11-23)28(37)38)18-35(29(36)39)16-21-7-5-4-6-8-21/h4-15,18-20H,16-17H2,1-3H3,(H,37,38)(H,41,42). The molecule has 0 saturated carbocycles. The second kappa shape index (κ2) is 14.1. The number of carboxylic acid groups (broad SMARTS) is 1. The minimum atomic E-state index is -5.77. The molecule has 1 aromatic heterocycles. The van der Waals surface area contributed by atoms with Crippen LogP contribution in [0.2, 0.25) is 0 Å². The Bertz CT molecular complexity index is 1830. The van der Waals surface area contributed by atoms with Crippen molar-refractivity contribution < 1.29 is 46.9 Å². The molecule has 0 spiro atoms. The highest BCUT2D eigenvalue weighted by molar-refractivity contribution is 9.10. The normalized spacial score (nSPS) is 13.7. The van der Waals surface area contributed by atoms with Crippen LogP contribution in [0.25, 0.3) is 11.3 Å². The van der Waals surface area contributed by atoms with Gasteiger partial charge in [0.25, 0.3) is 0 Å². The lowest BCUT2D eigenvalue weighted by molar-refractivity contribution is -0.0766. The maximum atomic E-state index is 15.4. The monoisotopic (exact) mass is 722 g/mol. The first-order valence-electron chi connectivity index (χ1n) is 13.8. The van der Waals surface area contributed by atoms with E-state index in [2.05, 4.69) is 25.2 Å². The van der Waals surface area contributed by atoms with Crippen LogP contribution in [-0.2, 0) is 37.3 Å². The Balaban J connectivity index is 1.64. The van der Waals surface area contributed by atoms with Gasteiger partial charge in [0, 0.05) is 16.2 Å². The summed E-state index contributed by atoms with van der Waals surface area (Å²) in [6.45, 7) is 4.19. The van der Waals surface area contributed by atoms with E-state index in [4.69, 9.17) is 4.74 Å². The first kappa shape index (κ1) is 34.8. The number of carbonyl (C=O) groups is 2. The van der Waals surface area contributed by atoms with Gasteiger partial charge in [-0.3, -0.25) is 18.2 Å². The number of ether oxygens (including phenoxy) is 2. The van der Waals surface area contributed by atoms with Crippen LogP contribution in [-0.4, -0.2) is 43.7 Å². The van der Waals surface area contributed by atoms with Crippen molar-refractivity contribution in [2.75, 3.05) is 0 Å². The smallest absolute Gasteiger partial charge is 0.478 e. The molecule has 0 aliphatic rings. The third-order valence-electron chi connectivity index (χ3n) is 6.61. The summed E-state index contributed by atoms with van der Waals surface area (Å²) in [6.07, 6.45) is -2.05. The van der Waals surface area contributed by atoms with Gasteiger partial charge in [0.1, 0.15) is 0 Å². The third kappa shape index (κ3) is 8.00. The largest absolute Gasteiger partial charge is 0.510 e. The minimum absolute atomic E-state index is 0.0587. The van der Waals surface area contributed by atoms with Gasteiger partial charge in [0.05, 0.1) is 30.5 Å². The fourth-order valence-electron chi connectivity index (χ4n) is 4.47. The van der Waals surface area contributed by atoms with Crippen molar-refractivity contribution in [2.24, 2.45) is 0 Å². The first-order chi connectivity index (χ1) is 21.6. The molecule has 0 aliphatic carbocycles. The molecule has 2 atom stereocenters. The van der Waals surface area contributed by atoms with Gasteiger partial charge in [-0.1, -0.05) is 70.5 Å². The number of aromatic nitrogens is 2. The minimum Gasteiger partial charge on any atom is -0.478 e. The highest BCUT2D eigenvalue weighted by Gasteiger charge is 2.55. The number of hydrogen-bond donors (Lipinski definition) is 2. The van der Waals surface area contributed by atoms with Crippen LogP contribution in [0, 0.1) is 0 Å². The summed E-state index contributed by atoms with van der Waals surface area (Å²) in [7, 11) is -5.77. The van der Waals surface area contributed by atoms with Gasteiger partial charge >= 0.3 is 31.1 Å². The Labute approximate surface area is 270 Å². The Morgan fingerprint density at radius 2 is 1.61 bits per heavy atom. The van der Waals surface area contributed by atoms with E-state index in [0.717, 1.165) is 18.6 Å². The lowest BCUT2D eigenvalue weighted by Crippen LogP contribution is -2.26. The van der Waals surface area contributed by atoms with E-state index >= 15 is 8.78 Å². The van der Waals surface area contributed by atoms with Gasteiger partial charge in [-0.05, 0) is 55.7 Å². The van der Waals surface area contributed by atoms with Crippen molar-refractivity contribution in [1.82, 2.24) is 9.13 Å². The highest BCUT2D eigenvalue weighted by Crippen LogP contribution is 2.64. The first-order valence-corrected chi connectivity index (χ1v) is 16.2. The zero-order valence-electron chi connectivity index (χ0n) is 24.8. The zero-order chi connectivity index (χ0) is 33.8. The number of benzene rings is 3. The second-order valence-electron chi connectivity index (χ2n) is 10.5. The molecule has 11 nitrogen and oxygen atoms in total. The van der Waals surface area contributed by atoms with Crippen LogP contribution in [0.1, 0.15) is 47.8 Å². The van der Waals surface area contributed by atoms with Crippen LogP contribution in [0.3, 0.4) is 0 Å². The van der Waals surface area contributed by atoms with Crippen molar-refractivity contribution in [3.05, 3.63) is 116 Å². The topological polar surface area (TPSA) is 146 Å². The van der Waals surface area contributed by atoms with Crippen molar-refractivity contribution in [3.63, 3.8) is 0 Å². The fraction of sp³-hybridized carbons (Fsp3) is 0.258. The summed E-state index contributed by atoms with van der Waals surface area (Å²) < 4.78 is 60.0. The average molecular weight is 723 g/mol. The molecule has 15 heteroatoms. The summed E-state index contributed by atoms with van der Waals surface area (Å²) in [6, 6.07) is 18.6. The van der Waals surface area contributed by atoms with E-state index < -0.39 is 49.0 Å². The number of nitrogens with zero attached hydrogens (tertiary/aromatic N) is 2. The molecule has 3 aromatic carbocycles. The van der Waals surface area contributed by atoms with Crippen LogP contribution >= 0.6 is 23.5 Å². The van der Waals surface area contributed by atoms with Crippen LogP contribution in [0.4, 0.5) is 13.6 Å². The summed E-state index contributed by atoms with van der Waals surface area (Å²) in [5.41, 5.74) is -3.43. The van der Waals surface area contributed by atoms with E-state index in [1.807, 2.05) is 30.3 Å². The van der Waals surface area contributed by atoms with Crippen LogP contribution < -0.4 is 5.69 Å². The summed E-state index contributed by atoms with van der Waals surface area (Å²) in [5.74, 6) is -1.11. The quantitative estimate of drug-likeness (QED) is 0.0894. The lowest BCUT2D eigenvalue weighted by atomic mass is 10.1. The molecule has 0 amide bonds. The van der Waals surface area contributed by atoms with Gasteiger partial charge in [0.2, 0.25) is 6.29 Å². The number of carboxylic acids is 1. The molecular formula is C31H30BrF2N2O9P. The molecule has 0 aliphatic heterocycles. The number of imidazole rings is 1. The molecule has 4 rings (SSSR count). The second-order valence-corrected chi connectivity index (χ2v) is 13.1. The van der Waals surface area contributed by atoms with Crippen LogP contribution in [0.15, 0.2) is 88.3 Å². The number of alkyl halides is 2. The zero-order valence-corrected chi connectivity index (χ0v) is 27.3. The number of halogens is 3. The maximum absolute atomic E-state index is 15.4. The van der Waals surface area contributed by atoms with Gasteiger partial charge < -0.3 is 19.5 Å². The Morgan fingerprint density at radius 3 is 2.20 bits per heavy atom. The third-order valence-corrected chi connectivity index (χ3v) is 8.80. The van der Waals surface area contributed by atoms with Gasteiger partial charge in [0.15, 0.2) is 0 Å². The van der Waals surface area contributed by atoms with Gasteiger partial charge in [-0.25, -0.2) is 14.4 Å². The SMILES string of the molecule is CC(C)OC(=O)OC(C)OP(=O)(O)C(F)(F)c1ccc(Cn2c(-c3ccc(C(=O)O)cc3)cn(Cc3ccccc3)c2=O)cc1Br. The molecule has 0 bridgehead atoms. The average Bonchev–Trinajstić information content (AvgIpc) is 3.26. The van der Waals surface area contributed by atoms with Crippen molar-refractivity contribution in [3.8, 4) is 11.3 Å². The summed E-state index contributed by atoms with van der Waals surface area (Å²) in [5, 5.41) is 9.29. The Kier molecular flexibility index (Phi) is 10.7. The summed E-state index contributed by atoms with van der Waals surface area (Å²) >= 11 is 3.05. The van der Waals surface area contributed by atoms with E-state index in [-0.39, 0.29) is 23.1 Å². The molecular weight excluding hydrogens is 693 g/mol. The van der Waals surface area contributed by atoms with Crippen LogP contribution in [0.5, 0.6) is 0 Å². The molecule has 1 heterocycles. The Morgan fingerprint density at radius 1 is 0.957 bits per heavy atom. The van der Waals surface area contributed by atoms with E-state index in [9.17, 15) is 28.9 Å². The Hall–Kier alpha value is -4.10. The van der Waals surface area contributed by atoms with E-state index in [1.54, 1.807) is 18.3 Å². The fourth-order valence-corrected chi connectivity index (χ4v) is 6.38. The number of rotatable bonds is 12. The maximum Gasteiger partial charge on any atom is 0.510 e. The molecule has 0 radical (unpaired) electrons. The predicted molar refractivity (Wildman–Crippen MR) is 167 cm³/mol. The van der Waals surface area contributed by atoms with Gasteiger partial charge in [-0.15, -0.1) is 0 Å². The molecule has 46 heavy (non-hydrogen) atoms. The van der Waals surface area contributed by atoms with Crippen molar-refractivity contribution in [2.45, 2.75) is 51.9 Å². The van der Waals surface area contributed by atoms with Crippen molar-refractivity contribution in [1.29, 1.82) is 0 Å². The highest BCUT2D eigenvalue weighted by atomic mass is 79.9. The molecule has 2 N–H and O–H groups in total. The lowest BCUT2D eigenvalue weighted by Gasteiger charge is -2.26. The predicted octanol–water partition coefficient (Wildman–Crippen LogP) is 7.03. The van der Waals surface area contributed by atoms with E-state index in [0.29, 0.717) is 16.8 Å². The molecule has 0 saturated heterocycles. The van der Waals surface area contributed by atoms with E-state index in [1.165, 1.54) is 47.2 Å². The molecule has 4 aromatic rings.